The van der Waals surface area contributed by atoms with Crippen LogP contribution in [-0.4, -0.2) is 28.4 Å². The largest absolute Gasteiger partial charge is 0.350 e. The molecule has 0 radical (unpaired) electrons. The second-order valence-corrected chi connectivity index (χ2v) is 5.51. The Labute approximate surface area is 111 Å². The Morgan fingerprint density at radius 1 is 1.59 bits per heavy atom. The Morgan fingerprint density at radius 3 is 2.94 bits per heavy atom. The molecule has 0 aromatic carbocycles. The smallest absolute Gasteiger partial charge is 0.253 e. The Kier molecular flexibility index (Phi) is 6.37. The van der Waals surface area contributed by atoms with Crippen LogP contribution in [0.15, 0.2) is 18.3 Å². The van der Waals surface area contributed by atoms with E-state index in [4.69, 9.17) is 11.6 Å². The first-order valence-corrected chi connectivity index (χ1v) is 7.17. The zero-order valence-corrected chi connectivity index (χ0v) is 11.6. The van der Waals surface area contributed by atoms with Crippen molar-refractivity contribution in [2.24, 2.45) is 0 Å². The number of carbonyl (C=O) groups excluding carboxylic acids is 1. The molecule has 1 amide bonds. The molecule has 1 aromatic rings. The summed E-state index contributed by atoms with van der Waals surface area (Å²) in [6.07, 6.45) is 2.47. The third-order valence-corrected chi connectivity index (χ3v) is 3.42. The lowest BCUT2D eigenvalue weighted by Crippen LogP contribution is -2.33. The minimum atomic E-state index is -0.0943. The second-order valence-electron chi connectivity index (χ2n) is 3.73. The van der Waals surface area contributed by atoms with Crippen LogP contribution in [0.25, 0.3) is 0 Å². The molecular formula is C12H17ClN2OS. The maximum absolute atomic E-state index is 11.8. The molecule has 0 bridgehead atoms. The van der Waals surface area contributed by atoms with Gasteiger partial charge >= 0.3 is 0 Å². The number of carbonyl (C=O) groups is 1. The predicted octanol–water partition coefficient (Wildman–Crippen LogP) is 3.00. The number of pyridine rings is 1. The van der Waals surface area contributed by atoms with E-state index in [1.54, 1.807) is 12.1 Å². The highest BCUT2D eigenvalue weighted by atomic mass is 35.5. The molecule has 0 aliphatic carbocycles. The van der Waals surface area contributed by atoms with Crippen LogP contribution in [0.4, 0.5) is 0 Å². The van der Waals surface area contributed by atoms with E-state index in [0.29, 0.717) is 10.7 Å². The molecule has 1 heterocycles. The van der Waals surface area contributed by atoms with Gasteiger partial charge in [0.2, 0.25) is 0 Å². The maximum atomic E-state index is 11.8. The van der Waals surface area contributed by atoms with Crippen molar-refractivity contribution in [2.75, 3.05) is 11.5 Å². The van der Waals surface area contributed by atoms with Crippen molar-refractivity contribution in [2.45, 2.75) is 26.3 Å². The van der Waals surface area contributed by atoms with Crippen molar-refractivity contribution < 1.29 is 4.79 Å². The van der Waals surface area contributed by atoms with Gasteiger partial charge in [-0.15, -0.1) is 0 Å². The van der Waals surface area contributed by atoms with E-state index in [9.17, 15) is 4.79 Å². The highest BCUT2D eigenvalue weighted by molar-refractivity contribution is 7.99. The van der Waals surface area contributed by atoms with Crippen LogP contribution >= 0.6 is 23.4 Å². The van der Waals surface area contributed by atoms with Gasteiger partial charge in [-0.05, 0) is 37.0 Å². The van der Waals surface area contributed by atoms with Gasteiger partial charge in [0.05, 0.1) is 5.56 Å². The van der Waals surface area contributed by atoms with E-state index in [0.717, 1.165) is 17.9 Å². The molecule has 0 aliphatic heterocycles. The summed E-state index contributed by atoms with van der Waals surface area (Å²) in [4.78, 5) is 15.7. The van der Waals surface area contributed by atoms with E-state index in [1.165, 1.54) is 6.20 Å². The van der Waals surface area contributed by atoms with Crippen LogP contribution in [-0.2, 0) is 0 Å². The van der Waals surface area contributed by atoms with E-state index in [-0.39, 0.29) is 11.9 Å². The number of rotatable bonds is 6. The van der Waals surface area contributed by atoms with Crippen LogP contribution in [0, 0.1) is 0 Å². The fourth-order valence-electron chi connectivity index (χ4n) is 1.29. The SMILES string of the molecule is CCSCCC(C)NC(=O)c1ccc(Cl)nc1. The van der Waals surface area contributed by atoms with Crippen molar-refractivity contribution in [3.05, 3.63) is 29.0 Å². The first-order chi connectivity index (χ1) is 8.13. The van der Waals surface area contributed by atoms with Gasteiger partial charge < -0.3 is 5.32 Å². The van der Waals surface area contributed by atoms with Gasteiger partial charge in [0, 0.05) is 12.2 Å². The van der Waals surface area contributed by atoms with Gasteiger partial charge in [-0.25, -0.2) is 4.98 Å². The van der Waals surface area contributed by atoms with E-state index in [2.05, 4.69) is 17.2 Å². The minimum Gasteiger partial charge on any atom is -0.350 e. The second kappa shape index (κ2) is 7.56. The zero-order chi connectivity index (χ0) is 12.7. The molecule has 0 aliphatic rings. The van der Waals surface area contributed by atoms with E-state index in [1.807, 2.05) is 18.7 Å². The molecule has 1 atom stereocenters. The van der Waals surface area contributed by atoms with Crippen molar-refractivity contribution >= 4 is 29.3 Å². The monoisotopic (exact) mass is 272 g/mol. The third-order valence-electron chi connectivity index (χ3n) is 2.27. The normalized spacial score (nSPS) is 12.2. The van der Waals surface area contributed by atoms with Crippen LogP contribution in [0.2, 0.25) is 5.15 Å². The molecule has 0 fully saturated rings. The van der Waals surface area contributed by atoms with E-state index >= 15 is 0 Å². The lowest BCUT2D eigenvalue weighted by atomic mass is 10.2. The summed E-state index contributed by atoms with van der Waals surface area (Å²) in [5.74, 6) is 2.08. The first-order valence-electron chi connectivity index (χ1n) is 5.63. The average molecular weight is 273 g/mol. The number of nitrogens with zero attached hydrogens (tertiary/aromatic N) is 1. The number of hydrogen-bond donors (Lipinski definition) is 1. The fraction of sp³-hybridized carbons (Fsp3) is 0.500. The Balaban J connectivity index is 2.40. The van der Waals surface area contributed by atoms with Gasteiger partial charge in [0.1, 0.15) is 5.15 Å². The predicted molar refractivity (Wildman–Crippen MR) is 73.8 cm³/mol. The van der Waals surface area contributed by atoms with E-state index < -0.39 is 0 Å². The Morgan fingerprint density at radius 2 is 2.35 bits per heavy atom. The molecule has 1 rings (SSSR count). The van der Waals surface area contributed by atoms with Crippen molar-refractivity contribution in [3.8, 4) is 0 Å². The quantitative estimate of drug-likeness (QED) is 0.639. The molecule has 0 saturated heterocycles. The first kappa shape index (κ1) is 14.3. The van der Waals surface area contributed by atoms with Crippen LogP contribution in [0.3, 0.4) is 0 Å². The minimum absolute atomic E-state index is 0.0943. The molecular weight excluding hydrogens is 256 g/mol. The summed E-state index contributed by atoms with van der Waals surface area (Å²) in [7, 11) is 0. The lowest BCUT2D eigenvalue weighted by Gasteiger charge is -2.13. The topological polar surface area (TPSA) is 42.0 Å². The lowest BCUT2D eigenvalue weighted by molar-refractivity contribution is 0.0939. The summed E-state index contributed by atoms with van der Waals surface area (Å²) >= 11 is 7.54. The molecule has 0 spiro atoms. The molecule has 5 heteroatoms. The van der Waals surface area contributed by atoms with Gasteiger partial charge in [0.15, 0.2) is 0 Å². The summed E-state index contributed by atoms with van der Waals surface area (Å²) in [6.45, 7) is 4.14. The fourth-order valence-corrected chi connectivity index (χ4v) is 2.21. The average Bonchev–Trinajstić information content (AvgIpc) is 2.30. The summed E-state index contributed by atoms with van der Waals surface area (Å²) in [6, 6.07) is 3.48. The summed E-state index contributed by atoms with van der Waals surface area (Å²) in [5, 5.41) is 3.34. The number of nitrogens with one attached hydrogen (secondary N) is 1. The summed E-state index contributed by atoms with van der Waals surface area (Å²) < 4.78 is 0. The molecule has 94 valence electrons. The number of hydrogen-bond acceptors (Lipinski definition) is 3. The number of aromatic nitrogens is 1. The van der Waals surface area contributed by atoms with Crippen molar-refractivity contribution in [1.29, 1.82) is 0 Å². The Hall–Kier alpha value is -0.740. The molecule has 17 heavy (non-hydrogen) atoms. The van der Waals surface area contributed by atoms with Crippen LogP contribution in [0.5, 0.6) is 0 Å². The number of halogens is 1. The van der Waals surface area contributed by atoms with Crippen LogP contribution < -0.4 is 5.32 Å². The molecule has 1 aromatic heterocycles. The number of thioether (sulfide) groups is 1. The zero-order valence-electron chi connectivity index (χ0n) is 10.1. The highest BCUT2D eigenvalue weighted by Crippen LogP contribution is 2.07. The van der Waals surface area contributed by atoms with Crippen molar-refractivity contribution in [3.63, 3.8) is 0 Å². The maximum Gasteiger partial charge on any atom is 0.253 e. The Bertz CT molecular complexity index is 356. The van der Waals surface area contributed by atoms with Crippen LogP contribution in [0.1, 0.15) is 30.6 Å². The van der Waals surface area contributed by atoms with Gasteiger partial charge in [0.25, 0.3) is 5.91 Å². The van der Waals surface area contributed by atoms with Gasteiger partial charge in [-0.2, -0.15) is 11.8 Å². The van der Waals surface area contributed by atoms with Gasteiger partial charge in [-0.3, -0.25) is 4.79 Å². The number of amides is 1. The highest BCUT2D eigenvalue weighted by Gasteiger charge is 2.09. The molecule has 3 nitrogen and oxygen atoms in total. The van der Waals surface area contributed by atoms with Gasteiger partial charge in [-0.1, -0.05) is 18.5 Å². The van der Waals surface area contributed by atoms with Crippen molar-refractivity contribution in [1.82, 2.24) is 10.3 Å². The summed E-state index contributed by atoms with van der Waals surface area (Å²) in [5.41, 5.74) is 0.546. The molecule has 0 saturated carbocycles. The molecule has 1 unspecified atom stereocenters. The third kappa shape index (κ3) is 5.41. The standard InChI is InChI=1S/C12H17ClN2OS/c1-3-17-7-6-9(2)15-12(16)10-4-5-11(13)14-8-10/h4-5,8-9H,3,6-7H2,1-2H3,(H,15,16). The molecule has 1 N–H and O–H groups in total.